The Morgan fingerprint density at radius 1 is 0.870 bits per heavy atom. The molecule has 0 radical (unpaired) electrons. The van der Waals surface area contributed by atoms with Crippen molar-refractivity contribution in [3.8, 4) is 0 Å². The van der Waals surface area contributed by atoms with Gasteiger partial charge in [0.1, 0.15) is 0 Å². The average molecular weight is 343 g/mol. The molecule has 0 bridgehead atoms. The summed E-state index contributed by atoms with van der Waals surface area (Å²) in [6.07, 6.45) is 3.75. The van der Waals surface area contributed by atoms with Crippen LogP contribution in [-0.4, -0.2) is 5.78 Å². The van der Waals surface area contributed by atoms with Gasteiger partial charge in [0.25, 0.3) is 0 Å². The van der Waals surface area contributed by atoms with Gasteiger partial charge in [-0.15, -0.1) is 0 Å². The molecule has 0 fully saturated rings. The molecule has 0 saturated heterocycles. The molecular weight excluding hydrogens is 329 g/mol. The summed E-state index contributed by atoms with van der Waals surface area (Å²) in [5.74, 6) is 0.0160. The molecular formula is C19H14Cl2NO+. The molecule has 3 aromatic rings. The number of hydrogen-bond acceptors (Lipinski definition) is 1. The summed E-state index contributed by atoms with van der Waals surface area (Å²) >= 11 is 12.1. The Morgan fingerprint density at radius 3 is 2.17 bits per heavy atom. The summed E-state index contributed by atoms with van der Waals surface area (Å²) in [5, 5.41) is 1.25. The lowest BCUT2D eigenvalue weighted by atomic mass is 10.0. The van der Waals surface area contributed by atoms with Gasteiger partial charge in [0.15, 0.2) is 24.7 Å². The highest BCUT2D eigenvalue weighted by molar-refractivity contribution is 6.35. The number of carbonyl (C=O) groups is 1. The highest BCUT2D eigenvalue weighted by Gasteiger charge is 2.12. The van der Waals surface area contributed by atoms with Gasteiger partial charge in [-0.05, 0) is 18.2 Å². The van der Waals surface area contributed by atoms with Crippen molar-refractivity contribution in [3.05, 3.63) is 99.8 Å². The third kappa shape index (κ3) is 3.79. The molecule has 3 rings (SSSR count). The van der Waals surface area contributed by atoms with E-state index in [2.05, 4.69) is 0 Å². The molecule has 1 heterocycles. The second kappa shape index (κ2) is 6.95. The van der Waals surface area contributed by atoms with E-state index in [1.54, 1.807) is 6.07 Å². The molecule has 114 valence electrons. The second-order valence-electron chi connectivity index (χ2n) is 5.19. The van der Waals surface area contributed by atoms with E-state index < -0.39 is 0 Å². The van der Waals surface area contributed by atoms with Crippen molar-refractivity contribution >= 4 is 29.0 Å². The van der Waals surface area contributed by atoms with Crippen molar-refractivity contribution < 1.29 is 9.36 Å². The van der Waals surface area contributed by atoms with Gasteiger partial charge < -0.3 is 0 Å². The minimum Gasteiger partial charge on any atom is -0.289 e. The fourth-order valence-corrected chi connectivity index (χ4v) is 2.79. The van der Waals surface area contributed by atoms with Crippen molar-refractivity contribution in [2.75, 3.05) is 0 Å². The number of halogens is 2. The number of aromatic nitrogens is 1. The summed E-state index contributed by atoms with van der Waals surface area (Å²) in [7, 11) is 0. The number of rotatable bonds is 4. The number of hydrogen-bond donors (Lipinski definition) is 0. The molecule has 0 spiro atoms. The second-order valence-corrected chi connectivity index (χ2v) is 6.03. The van der Waals surface area contributed by atoms with E-state index in [0.29, 0.717) is 27.7 Å². The van der Waals surface area contributed by atoms with Crippen LogP contribution in [0.5, 0.6) is 0 Å². The first-order valence-electron chi connectivity index (χ1n) is 7.16. The van der Waals surface area contributed by atoms with Gasteiger partial charge >= 0.3 is 0 Å². The van der Waals surface area contributed by atoms with Gasteiger partial charge in [0.2, 0.25) is 0 Å². The Labute approximate surface area is 144 Å². The zero-order valence-electron chi connectivity index (χ0n) is 12.2. The highest BCUT2D eigenvalue weighted by atomic mass is 35.5. The fraction of sp³-hybridized carbons (Fsp3) is 0.0526. The minimum atomic E-state index is 0.0160. The van der Waals surface area contributed by atoms with Crippen LogP contribution >= 0.6 is 23.2 Å². The SMILES string of the molecule is O=C(c1ccccc1)c1cc[n+](Cc2ccc(Cl)cc2Cl)cc1. The fourth-order valence-electron chi connectivity index (χ4n) is 2.32. The predicted octanol–water partition coefficient (Wildman–Crippen LogP) is 4.56. The van der Waals surface area contributed by atoms with E-state index in [9.17, 15) is 4.79 Å². The first kappa shape index (κ1) is 15.7. The van der Waals surface area contributed by atoms with Crippen LogP contribution < -0.4 is 4.57 Å². The lowest BCUT2D eigenvalue weighted by Crippen LogP contribution is -2.33. The van der Waals surface area contributed by atoms with Crippen LogP contribution in [0.4, 0.5) is 0 Å². The Morgan fingerprint density at radius 2 is 1.52 bits per heavy atom. The van der Waals surface area contributed by atoms with E-state index in [1.807, 2.05) is 71.6 Å². The Kier molecular flexibility index (Phi) is 4.75. The van der Waals surface area contributed by atoms with Crippen LogP contribution in [0.2, 0.25) is 10.0 Å². The number of benzene rings is 2. The molecule has 0 aliphatic rings. The Balaban J connectivity index is 1.78. The van der Waals surface area contributed by atoms with Crippen molar-refractivity contribution in [1.82, 2.24) is 0 Å². The monoisotopic (exact) mass is 342 g/mol. The summed E-state index contributed by atoms with van der Waals surface area (Å²) < 4.78 is 1.97. The third-order valence-electron chi connectivity index (χ3n) is 3.56. The van der Waals surface area contributed by atoms with Gasteiger partial charge in [-0.3, -0.25) is 4.79 Å². The van der Waals surface area contributed by atoms with E-state index in [0.717, 1.165) is 5.56 Å². The zero-order chi connectivity index (χ0) is 16.2. The van der Waals surface area contributed by atoms with E-state index in [-0.39, 0.29) is 5.78 Å². The van der Waals surface area contributed by atoms with Gasteiger partial charge in [-0.2, -0.15) is 0 Å². The first-order chi connectivity index (χ1) is 11.1. The summed E-state index contributed by atoms with van der Waals surface area (Å²) in [6, 6.07) is 18.3. The lowest BCUT2D eigenvalue weighted by molar-refractivity contribution is -0.688. The van der Waals surface area contributed by atoms with Crippen LogP contribution in [0.15, 0.2) is 73.1 Å². The molecule has 1 aromatic heterocycles. The van der Waals surface area contributed by atoms with Crippen LogP contribution in [0.3, 0.4) is 0 Å². The summed E-state index contributed by atoms with van der Waals surface area (Å²) in [5.41, 5.74) is 2.32. The van der Waals surface area contributed by atoms with Gasteiger partial charge in [0.05, 0.1) is 5.02 Å². The maximum absolute atomic E-state index is 12.4. The molecule has 0 amide bonds. The first-order valence-corrected chi connectivity index (χ1v) is 7.92. The topological polar surface area (TPSA) is 20.9 Å². The molecule has 0 unspecified atom stereocenters. The third-order valence-corrected chi connectivity index (χ3v) is 4.14. The van der Waals surface area contributed by atoms with Crippen LogP contribution in [-0.2, 0) is 6.54 Å². The van der Waals surface area contributed by atoms with Crippen LogP contribution in [0.1, 0.15) is 21.5 Å². The zero-order valence-corrected chi connectivity index (χ0v) is 13.8. The molecule has 4 heteroatoms. The minimum absolute atomic E-state index is 0.0160. The highest BCUT2D eigenvalue weighted by Crippen LogP contribution is 2.20. The van der Waals surface area contributed by atoms with E-state index >= 15 is 0 Å². The van der Waals surface area contributed by atoms with E-state index in [1.165, 1.54) is 0 Å². The smallest absolute Gasteiger partial charge is 0.193 e. The van der Waals surface area contributed by atoms with Crippen molar-refractivity contribution in [3.63, 3.8) is 0 Å². The quantitative estimate of drug-likeness (QED) is 0.503. The molecule has 0 N–H and O–H groups in total. The summed E-state index contributed by atoms with van der Waals surface area (Å²) in [6.45, 7) is 0.621. The Bertz CT molecular complexity index is 830. The standard InChI is InChI=1S/C19H14Cl2NO/c20-17-7-6-16(18(21)12-17)13-22-10-8-15(9-11-22)19(23)14-4-2-1-3-5-14/h1-12H,13H2/q+1. The van der Waals surface area contributed by atoms with Crippen molar-refractivity contribution in [2.45, 2.75) is 6.54 Å². The van der Waals surface area contributed by atoms with Gasteiger partial charge in [-0.25, -0.2) is 4.57 Å². The number of carbonyl (C=O) groups excluding carboxylic acids is 1. The maximum atomic E-state index is 12.4. The molecule has 0 aliphatic heterocycles. The van der Waals surface area contributed by atoms with Crippen LogP contribution in [0, 0.1) is 0 Å². The maximum Gasteiger partial charge on any atom is 0.193 e. The van der Waals surface area contributed by atoms with Gasteiger partial charge in [-0.1, -0.05) is 53.5 Å². The molecule has 2 nitrogen and oxygen atoms in total. The van der Waals surface area contributed by atoms with Crippen molar-refractivity contribution in [2.24, 2.45) is 0 Å². The molecule has 0 saturated carbocycles. The largest absolute Gasteiger partial charge is 0.289 e. The number of ketones is 1. The number of nitrogens with zero attached hydrogens (tertiary/aromatic N) is 1. The molecule has 23 heavy (non-hydrogen) atoms. The molecule has 0 atom stereocenters. The lowest BCUT2D eigenvalue weighted by Gasteiger charge is -2.03. The molecule has 2 aromatic carbocycles. The molecule has 0 aliphatic carbocycles. The Hall–Kier alpha value is -2.16. The van der Waals surface area contributed by atoms with Gasteiger partial charge in [0, 0.05) is 33.8 Å². The number of pyridine rings is 1. The van der Waals surface area contributed by atoms with Crippen molar-refractivity contribution in [1.29, 1.82) is 0 Å². The normalized spacial score (nSPS) is 10.5. The average Bonchev–Trinajstić information content (AvgIpc) is 2.58. The van der Waals surface area contributed by atoms with E-state index in [4.69, 9.17) is 23.2 Å². The van der Waals surface area contributed by atoms with Crippen LogP contribution in [0.25, 0.3) is 0 Å². The summed E-state index contributed by atoms with van der Waals surface area (Å²) in [4.78, 5) is 12.4. The predicted molar refractivity (Wildman–Crippen MR) is 92.1 cm³/mol.